The van der Waals surface area contributed by atoms with Crippen LogP contribution in [0.5, 0.6) is 0 Å². The van der Waals surface area contributed by atoms with Crippen molar-refractivity contribution < 1.29 is 9.53 Å². The molecular formula is C14H14N4O2. The van der Waals surface area contributed by atoms with Crippen LogP contribution in [0.3, 0.4) is 0 Å². The molecule has 0 aliphatic carbocycles. The minimum Gasteiger partial charge on any atom is -0.358 e. The first-order chi connectivity index (χ1) is 9.79. The molecule has 102 valence electrons. The zero-order chi connectivity index (χ0) is 13.9. The summed E-state index contributed by atoms with van der Waals surface area (Å²) in [7, 11) is 0. The van der Waals surface area contributed by atoms with Gasteiger partial charge >= 0.3 is 5.69 Å². The lowest BCUT2D eigenvalue weighted by Gasteiger charge is -2.22. The van der Waals surface area contributed by atoms with E-state index in [-0.39, 0.29) is 10.6 Å². The number of benzene rings is 1. The third-order valence-corrected chi connectivity index (χ3v) is 3.71. The first-order valence-electron chi connectivity index (χ1n) is 6.60. The Morgan fingerprint density at radius 2 is 2.00 bits per heavy atom. The molecular weight excluding hydrogens is 256 g/mol. The van der Waals surface area contributed by atoms with Crippen molar-refractivity contribution in [3.8, 4) is 17.3 Å². The van der Waals surface area contributed by atoms with Gasteiger partial charge < -0.3 is 10.5 Å². The monoisotopic (exact) mass is 270 g/mol. The van der Waals surface area contributed by atoms with Crippen LogP contribution in [-0.4, -0.2) is 18.2 Å². The van der Waals surface area contributed by atoms with Gasteiger partial charge in [0.1, 0.15) is 0 Å². The van der Waals surface area contributed by atoms with E-state index in [2.05, 4.69) is 15.1 Å². The Kier molecular flexibility index (Phi) is 3.35. The van der Waals surface area contributed by atoms with Gasteiger partial charge in [-0.05, 0) is 54.4 Å². The van der Waals surface area contributed by atoms with Crippen molar-refractivity contribution in [3.05, 3.63) is 40.7 Å². The first kappa shape index (κ1) is 12.6. The fourth-order valence-corrected chi connectivity index (χ4v) is 2.60. The maximum absolute atomic E-state index is 11.2. The van der Waals surface area contributed by atoms with Crippen molar-refractivity contribution in [2.45, 2.75) is 18.8 Å². The topological polar surface area (TPSA) is 88.8 Å². The molecule has 0 amide bonds. The highest BCUT2D eigenvalue weighted by Gasteiger charge is 2.21. The highest BCUT2D eigenvalue weighted by molar-refractivity contribution is 5.63. The van der Waals surface area contributed by atoms with Gasteiger partial charge in [-0.2, -0.15) is 5.26 Å². The predicted molar refractivity (Wildman–Crippen MR) is 70.5 cm³/mol. The van der Waals surface area contributed by atoms with Gasteiger partial charge in [-0.15, -0.1) is 0 Å². The molecule has 1 aromatic carbocycles. The van der Waals surface area contributed by atoms with Crippen LogP contribution in [0.1, 0.15) is 30.0 Å². The van der Waals surface area contributed by atoms with E-state index in [1.807, 2.05) is 24.3 Å². The minimum absolute atomic E-state index is 0.111. The zero-order valence-corrected chi connectivity index (χ0v) is 10.9. The molecule has 1 saturated heterocycles. The molecule has 1 aromatic heterocycles. The van der Waals surface area contributed by atoms with Gasteiger partial charge in [0.15, 0.2) is 6.07 Å². The van der Waals surface area contributed by atoms with E-state index in [9.17, 15) is 5.21 Å². The van der Waals surface area contributed by atoms with Gasteiger partial charge in [0.2, 0.25) is 0 Å². The van der Waals surface area contributed by atoms with Crippen LogP contribution in [-0.2, 0) is 0 Å². The average Bonchev–Trinajstić information content (AvgIpc) is 2.89. The SMILES string of the molecule is N#Cc1c(-c2ccc(C3CCNCC3)cc2)no[n+]1[O-]. The second-order valence-corrected chi connectivity index (χ2v) is 4.89. The molecule has 6 heteroatoms. The molecule has 0 saturated carbocycles. The van der Waals surface area contributed by atoms with E-state index in [1.165, 1.54) is 5.56 Å². The lowest BCUT2D eigenvalue weighted by Crippen LogP contribution is -2.26. The second-order valence-electron chi connectivity index (χ2n) is 4.89. The molecule has 1 aliphatic rings. The van der Waals surface area contributed by atoms with Crippen LogP contribution >= 0.6 is 0 Å². The Balaban J connectivity index is 1.87. The molecule has 2 heterocycles. The summed E-state index contributed by atoms with van der Waals surface area (Å²) in [6.45, 7) is 2.09. The number of nitrogens with one attached hydrogen (secondary N) is 1. The van der Waals surface area contributed by atoms with Crippen molar-refractivity contribution in [2.24, 2.45) is 0 Å². The summed E-state index contributed by atoms with van der Waals surface area (Å²) in [5.41, 5.74) is 2.18. The van der Waals surface area contributed by atoms with E-state index < -0.39 is 0 Å². The van der Waals surface area contributed by atoms with Gasteiger partial charge in [0.05, 0.1) is 0 Å². The Morgan fingerprint density at radius 1 is 1.30 bits per heavy atom. The molecule has 0 spiro atoms. The van der Waals surface area contributed by atoms with Crippen LogP contribution < -0.4 is 10.2 Å². The van der Waals surface area contributed by atoms with Crippen molar-refractivity contribution in [3.63, 3.8) is 0 Å². The summed E-state index contributed by atoms with van der Waals surface area (Å²) in [5.74, 6) is 0.572. The van der Waals surface area contributed by atoms with E-state index in [0.717, 1.165) is 31.5 Å². The lowest BCUT2D eigenvalue weighted by molar-refractivity contribution is -0.804. The van der Waals surface area contributed by atoms with Crippen LogP contribution in [0.15, 0.2) is 28.9 Å². The normalized spacial score (nSPS) is 15.9. The molecule has 2 aromatic rings. The smallest absolute Gasteiger partial charge is 0.302 e. The van der Waals surface area contributed by atoms with Gasteiger partial charge in [-0.3, -0.25) is 4.63 Å². The van der Waals surface area contributed by atoms with Gasteiger partial charge in [0, 0.05) is 10.7 Å². The van der Waals surface area contributed by atoms with E-state index >= 15 is 0 Å². The molecule has 6 nitrogen and oxygen atoms in total. The number of rotatable bonds is 2. The van der Waals surface area contributed by atoms with E-state index in [1.54, 1.807) is 6.07 Å². The Hall–Kier alpha value is -2.39. The summed E-state index contributed by atoms with van der Waals surface area (Å²) in [4.78, 5) is 0.135. The maximum Gasteiger partial charge on any atom is 0.302 e. The summed E-state index contributed by atoms with van der Waals surface area (Å²) >= 11 is 0. The summed E-state index contributed by atoms with van der Waals surface area (Å²) < 4.78 is 4.47. The van der Waals surface area contributed by atoms with Gasteiger partial charge in [-0.1, -0.05) is 12.1 Å². The van der Waals surface area contributed by atoms with Crippen LogP contribution in [0.25, 0.3) is 11.3 Å². The molecule has 20 heavy (non-hydrogen) atoms. The molecule has 0 radical (unpaired) electrons. The maximum atomic E-state index is 11.2. The number of nitriles is 1. The average molecular weight is 270 g/mol. The van der Waals surface area contributed by atoms with Crippen LogP contribution in [0, 0.1) is 16.5 Å². The van der Waals surface area contributed by atoms with Gasteiger partial charge in [-0.25, -0.2) is 0 Å². The number of piperidine rings is 1. The fourth-order valence-electron chi connectivity index (χ4n) is 2.60. The molecule has 0 bridgehead atoms. The summed E-state index contributed by atoms with van der Waals surface area (Å²) in [6, 6.07) is 9.65. The molecule has 0 atom stereocenters. The van der Waals surface area contributed by atoms with E-state index in [0.29, 0.717) is 11.6 Å². The van der Waals surface area contributed by atoms with Crippen LogP contribution in [0.2, 0.25) is 0 Å². The molecule has 1 fully saturated rings. The third-order valence-electron chi connectivity index (χ3n) is 3.71. The van der Waals surface area contributed by atoms with Crippen molar-refractivity contribution in [1.82, 2.24) is 10.5 Å². The van der Waals surface area contributed by atoms with Crippen molar-refractivity contribution in [1.29, 1.82) is 5.26 Å². The predicted octanol–water partition coefficient (Wildman–Crippen LogP) is 1.31. The fraction of sp³-hybridized carbons (Fsp3) is 0.357. The number of nitrogens with zero attached hydrogens (tertiary/aromatic N) is 3. The Labute approximate surface area is 116 Å². The van der Waals surface area contributed by atoms with Crippen molar-refractivity contribution >= 4 is 0 Å². The summed E-state index contributed by atoms with van der Waals surface area (Å²) in [5, 5.41) is 27.1. The zero-order valence-electron chi connectivity index (χ0n) is 10.9. The lowest BCUT2D eigenvalue weighted by atomic mass is 9.89. The van der Waals surface area contributed by atoms with Gasteiger partial charge in [0.25, 0.3) is 5.69 Å². The quantitative estimate of drug-likeness (QED) is 0.831. The van der Waals surface area contributed by atoms with E-state index in [4.69, 9.17) is 5.26 Å². The summed E-state index contributed by atoms with van der Waals surface area (Å²) in [6.07, 6.45) is 2.26. The minimum atomic E-state index is -0.111. The highest BCUT2D eigenvalue weighted by Crippen LogP contribution is 2.27. The number of aromatic nitrogens is 2. The Bertz CT molecular complexity index is 636. The van der Waals surface area contributed by atoms with Crippen LogP contribution in [0.4, 0.5) is 0 Å². The number of hydrogen-bond acceptors (Lipinski definition) is 5. The third kappa shape index (κ3) is 2.24. The second kappa shape index (κ2) is 5.31. The first-order valence-corrected chi connectivity index (χ1v) is 6.60. The Morgan fingerprint density at radius 3 is 2.65 bits per heavy atom. The molecule has 1 N–H and O–H groups in total. The molecule has 1 aliphatic heterocycles. The largest absolute Gasteiger partial charge is 0.358 e. The van der Waals surface area contributed by atoms with Crippen molar-refractivity contribution in [2.75, 3.05) is 13.1 Å². The molecule has 3 rings (SSSR count). The standard InChI is InChI=1S/C14H14N4O2/c15-9-13-14(17-20-18(13)19)12-3-1-10(2-4-12)11-5-7-16-8-6-11/h1-4,11,16H,5-8H2. The highest BCUT2D eigenvalue weighted by atomic mass is 16.8. The number of hydrogen-bond donors (Lipinski definition) is 1. The molecule has 0 unspecified atom stereocenters.